The van der Waals surface area contributed by atoms with E-state index in [1.54, 1.807) is 5.06 Å². The maximum absolute atomic E-state index is 11.5. The van der Waals surface area contributed by atoms with Crippen LogP contribution in [-0.4, -0.2) is 43.4 Å². The van der Waals surface area contributed by atoms with Crippen LogP contribution in [0.3, 0.4) is 0 Å². The number of benzene rings is 1. The fourth-order valence-corrected chi connectivity index (χ4v) is 6.78. The van der Waals surface area contributed by atoms with E-state index in [0.717, 1.165) is 38.9 Å². The van der Waals surface area contributed by atoms with E-state index in [1.165, 1.54) is 24.8 Å². The highest BCUT2D eigenvalue weighted by Crippen LogP contribution is 2.50. The Bertz CT molecular complexity index is 705. The number of rotatable bonds is 9. The number of nitrogens with zero attached hydrogens (tertiary/aromatic N) is 1. The van der Waals surface area contributed by atoms with Crippen molar-refractivity contribution in [1.29, 1.82) is 0 Å². The smallest absolute Gasteiger partial charge is 0.191 e. The molecule has 2 fully saturated rings. The molecule has 1 aliphatic heterocycles. The standard InChI is InChI=1S/C27H47NO3Si/c1-22(20-30-21-23-12-8-7-9-13-23)25-15-11-18-27(25)17-10-14-24(28(27)29)16-19-31-32(5,6)26(2,3)4/h7-9,12-13,22,24-25,29H,10-11,14-21H2,1-6H3/t22-,24+,25+,27+/m0/s1. The van der Waals surface area contributed by atoms with Crippen LogP contribution in [0.5, 0.6) is 0 Å². The lowest BCUT2D eigenvalue weighted by atomic mass is 9.72. The van der Waals surface area contributed by atoms with Gasteiger partial charge in [-0.2, -0.15) is 5.06 Å². The van der Waals surface area contributed by atoms with Crippen molar-refractivity contribution in [1.82, 2.24) is 5.06 Å². The number of ether oxygens (including phenoxy) is 1. The zero-order valence-corrected chi connectivity index (χ0v) is 22.4. The van der Waals surface area contributed by atoms with Gasteiger partial charge in [-0.15, -0.1) is 0 Å². The second kappa shape index (κ2) is 10.7. The molecule has 4 nitrogen and oxygen atoms in total. The van der Waals surface area contributed by atoms with E-state index in [-0.39, 0.29) is 16.6 Å². The van der Waals surface area contributed by atoms with Crippen molar-refractivity contribution < 1.29 is 14.4 Å². The summed E-state index contributed by atoms with van der Waals surface area (Å²) in [5.41, 5.74) is 1.15. The Morgan fingerprint density at radius 3 is 2.44 bits per heavy atom. The quantitative estimate of drug-likeness (QED) is 0.401. The van der Waals surface area contributed by atoms with Crippen molar-refractivity contribution in [3.63, 3.8) is 0 Å². The Balaban J connectivity index is 1.56. The van der Waals surface area contributed by atoms with Gasteiger partial charge in [0.05, 0.1) is 6.61 Å². The van der Waals surface area contributed by atoms with Gasteiger partial charge in [0, 0.05) is 24.8 Å². The third kappa shape index (κ3) is 5.85. The lowest BCUT2D eigenvalue weighted by Crippen LogP contribution is -2.58. The molecule has 0 radical (unpaired) electrons. The van der Waals surface area contributed by atoms with Gasteiger partial charge in [-0.05, 0) is 74.1 Å². The third-order valence-corrected chi connectivity index (χ3v) is 13.2. The third-order valence-electron chi connectivity index (χ3n) is 8.66. The maximum Gasteiger partial charge on any atom is 0.191 e. The van der Waals surface area contributed by atoms with E-state index >= 15 is 0 Å². The van der Waals surface area contributed by atoms with Crippen molar-refractivity contribution in [2.75, 3.05) is 13.2 Å². The average molecular weight is 462 g/mol. The summed E-state index contributed by atoms with van der Waals surface area (Å²) in [6, 6.07) is 10.6. The molecule has 4 atom stereocenters. The Morgan fingerprint density at radius 1 is 1.12 bits per heavy atom. The number of hydrogen-bond donors (Lipinski definition) is 1. The lowest BCUT2D eigenvalue weighted by molar-refractivity contribution is -0.241. The Labute approximate surface area is 197 Å². The molecule has 1 saturated heterocycles. The largest absolute Gasteiger partial charge is 0.417 e. The second-order valence-corrected chi connectivity index (χ2v) is 16.7. The highest BCUT2D eigenvalue weighted by Gasteiger charge is 2.52. The van der Waals surface area contributed by atoms with E-state index in [0.29, 0.717) is 18.4 Å². The van der Waals surface area contributed by atoms with Gasteiger partial charge in [-0.3, -0.25) is 0 Å². The first kappa shape index (κ1) is 25.9. The summed E-state index contributed by atoms with van der Waals surface area (Å²) < 4.78 is 12.6. The number of hydroxylamine groups is 2. The van der Waals surface area contributed by atoms with Gasteiger partial charge in [0.1, 0.15) is 0 Å². The summed E-state index contributed by atoms with van der Waals surface area (Å²) in [5, 5.41) is 13.5. The van der Waals surface area contributed by atoms with Crippen molar-refractivity contribution in [3.8, 4) is 0 Å². The van der Waals surface area contributed by atoms with Crippen LogP contribution >= 0.6 is 0 Å². The molecular weight excluding hydrogens is 414 g/mol. The first-order valence-electron chi connectivity index (χ1n) is 12.8. The summed E-state index contributed by atoms with van der Waals surface area (Å²) in [4.78, 5) is 0. The zero-order chi connectivity index (χ0) is 23.4. The van der Waals surface area contributed by atoms with Crippen LogP contribution in [0, 0.1) is 11.8 Å². The minimum absolute atomic E-state index is 0.0740. The van der Waals surface area contributed by atoms with E-state index in [4.69, 9.17) is 9.16 Å². The molecule has 1 aromatic rings. The molecule has 1 aromatic carbocycles. The van der Waals surface area contributed by atoms with Crippen LogP contribution in [0.4, 0.5) is 0 Å². The Kier molecular flexibility index (Phi) is 8.65. The molecule has 0 unspecified atom stereocenters. The summed E-state index contributed by atoms with van der Waals surface area (Å²) in [5.74, 6) is 0.936. The predicted octanol–water partition coefficient (Wildman–Crippen LogP) is 7.03. The van der Waals surface area contributed by atoms with Crippen molar-refractivity contribution in [3.05, 3.63) is 35.9 Å². The fraction of sp³-hybridized carbons (Fsp3) is 0.778. The summed E-state index contributed by atoms with van der Waals surface area (Å²) in [6.07, 6.45) is 7.82. The van der Waals surface area contributed by atoms with Crippen LogP contribution in [0.1, 0.15) is 78.2 Å². The summed E-state index contributed by atoms with van der Waals surface area (Å²) in [7, 11) is -1.74. The van der Waals surface area contributed by atoms with E-state index in [9.17, 15) is 5.21 Å². The van der Waals surface area contributed by atoms with Gasteiger partial charge < -0.3 is 14.4 Å². The Hall–Kier alpha value is -0.723. The van der Waals surface area contributed by atoms with Crippen molar-refractivity contribution in [2.45, 2.75) is 109 Å². The summed E-state index contributed by atoms with van der Waals surface area (Å²) in [6.45, 7) is 16.0. The van der Waals surface area contributed by atoms with Gasteiger partial charge in [-0.25, -0.2) is 0 Å². The topological polar surface area (TPSA) is 41.9 Å². The van der Waals surface area contributed by atoms with Gasteiger partial charge in [0.15, 0.2) is 8.32 Å². The summed E-state index contributed by atoms with van der Waals surface area (Å²) >= 11 is 0. The fourth-order valence-electron chi connectivity index (χ4n) is 5.72. The molecule has 182 valence electrons. The first-order valence-corrected chi connectivity index (χ1v) is 15.7. The van der Waals surface area contributed by atoms with Crippen LogP contribution in [0.2, 0.25) is 18.1 Å². The molecule has 0 amide bonds. The molecule has 1 N–H and O–H groups in total. The molecule has 1 heterocycles. The zero-order valence-electron chi connectivity index (χ0n) is 21.4. The van der Waals surface area contributed by atoms with Gasteiger partial charge >= 0.3 is 0 Å². The normalized spacial score (nSPS) is 28.3. The molecule has 32 heavy (non-hydrogen) atoms. The molecule has 2 aliphatic rings. The van der Waals surface area contributed by atoms with Gasteiger partial charge in [-0.1, -0.05) is 64.4 Å². The monoisotopic (exact) mass is 461 g/mol. The van der Waals surface area contributed by atoms with Crippen LogP contribution in [0.25, 0.3) is 0 Å². The predicted molar refractivity (Wildman–Crippen MR) is 134 cm³/mol. The van der Waals surface area contributed by atoms with Crippen molar-refractivity contribution >= 4 is 8.32 Å². The number of piperidine rings is 1. The molecule has 1 aliphatic carbocycles. The lowest BCUT2D eigenvalue weighted by Gasteiger charge is -2.50. The molecule has 1 spiro atoms. The van der Waals surface area contributed by atoms with E-state index in [2.05, 4.69) is 65.1 Å². The van der Waals surface area contributed by atoms with Crippen LogP contribution in [0.15, 0.2) is 30.3 Å². The van der Waals surface area contributed by atoms with Gasteiger partial charge in [0.2, 0.25) is 0 Å². The van der Waals surface area contributed by atoms with Crippen LogP contribution < -0.4 is 0 Å². The molecule has 1 saturated carbocycles. The van der Waals surface area contributed by atoms with E-state index in [1.807, 2.05) is 6.07 Å². The minimum Gasteiger partial charge on any atom is -0.417 e. The molecule has 5 heteroatoms. The van der Waals surface area contributed by atoms with Crippen molar-refractivity contribution in [2.24, 2.45) is 11.8 Å². The maximum atomic E-state index is 11.5. The minimum atomic E-state index is -1.74. The first-order chi connectivity index (χ1) is 15.1. The Morgan fingerprint density at radius 2 is 1.78 bits per heavy atom. The average Bonchev–Trinajstić information content (AvgIpc) is 3.15. The SMILES string of the molecule is C[C@@H](COCc1ccccc1)[C@H]1CCC[C@]12CCC[C@H](CCO[Si](C)(C)C(C)(C)C)N2O. The van der Waals surface area contributed by atoms with Crippen LogP contribution in [-0.2, 0) is 15.8 Å². The highest BCUT2D eigenvalue weighted by atomic mass is 28.4. The van der Waals surface area contributed by atoms with Gasteiger partial charge in [0.25, 0.3) is 0 Å². The molecule has 0 bridgehead atoms. The molecular formula is C27H47NO3Si. The highest BCUT2D eigenvalue weighted by molar-refractivity contribution is 6.74. The number of hydrogen-bond acceptors (Lipinski definition) is 4. The van der Waals surface area contributed by atoms with E-state index < -0.39 is 8.32 Å². The molecule has 3 rings (SSSR count). The second-order valence-electron chi connectivity index (χ2n) is 11.9. The molecule has 0 aromatic heterocycles.